The number of amides is 1. The molecule has 0 saturated carbocycles. The first-order valence-electron chi connectivity index (χ1n) is 13.8. The first kappa shape index (κ1) is 27.5. The van der Waals surface area contributed by atoms with Gasteiger partial charge in [-0.05, 0) is 78.9 Å². The van der Waals surface area contributed by atoms with Crippen LogP contribution in [-0.4, -0.2) is 37.7 Å². The van der Waals surface area contributed by atoms with E-state index in [0.717, 1.165) is 22.9 Å². The minimum Gasteiger partial charge on any atom is -0.466 e. The number of ether oxygens (including phenoxy) is 1. The number of Topliss-reactive ketones (excluding diaryl/α,β-unsaturated/α-hetero) is 1. The monoisotopic (exact) mass is 583 g/mol. The maximum Gasteiger partial charge on any atom is 0.306 e. The van der Waals surface area contributed by atoms with Gasteiger partial charge >= 0.3 is 5.97 Å². The van der Waals surface area contributed by atoms with Gasteiger partial charge in [-0.25, -0.2) is 8.42 Å². The minimum atomic E-state index is -3.91. The number of aromatic nitrogens is 1. The number of carbonyl (C=O) groups is 3. The topological polar surface area (TPSA) is 134 Å². The Kier molecular flexibility index (Phi) is 7.16. The SMILES string of the molecule is CCOC(=O)CCc1c(C=C2C(=O)Nc3ccc(NS(=O)(=O)c4ccc5ccccc5c4)cc32)[nH]c2c1C(=O)CCC2. The first-order chi connectivity index (χ1) is 20.2. The van der Waals surface area contributed by atoms with Crippen LogP contribution in [0, 0.1) is 0 Å². The second-order valence-corrected chi connectivity index (χ2v) is 12.0. The molecule has 3 N–H and O–H groups in total. The van der Waals surface area contributed by atoms with E-state index >= 15 is 0 Å². The number of nitrogens with one attached hydrogen (secondary N) is 3. The van der Waals surface area contributed by atoms with E-state index in [1.165, 1.54) is 0 Å². The molecule has 3 aromatic carbocycles. The third kappa shape index (κ3) is 5.21. The van der Waals surface area contributed by atoms with Gasteiger partial charge in [0.05, 0.1) is 17.1 Å². The number of sulfonamides is 1. The Bertz CT molecular complexity index is 1900. The molecule has 214 valence electrons. The van der Waals surface area contributed by atoms with Gasteiger partial charge in [-0.1, -0.05) is 30.3 Å². The molecule has 2 heterocycles. The molecular formula is C32H29N3O6S. The number of aryl methyl sites for hydroxylation is 1. The van der Waals surface area contributed by atoms with Gasteiger partial charge in [-0.3, -0.25) is 19.1 Å². The number of esters is 1. The summed E-state index contributed by atoms with van der Waals surface area (Å²) in [6.45, 7) is 2.01. The van der Waals surface area contributed by atoms with Crippen molar-refractivity contribution in [1.29, 1.82) is 0 Å². The van der Waals surface area contributed by atoms with Gasteiger partial charge in [0.15, 0.2) is 5.78 Å². The highest BCUT2D eigenvalue weighted by molar-refractivity contribution is 7.92. The predicted molar refractivity (Wildman–Crippen MR) is 161 cm³/mol. The molecular weight excluding hydrogens is 554 g/mol. The second-order valence-electron chi connectivity index (χ2n) is 10.3. The third-order valence-corrected chi connectivity index (χ3v) is 8.96. The quantitative estimate of drug-likeness (QED) is 0.186. The van der Waals surface area contributed by atoms with Crippen molar-refractivity contribution in [2.75, 3.05) is 16.6 Å². The number of benzene rings is 3. The lowest BCUT2D eigenvalue weighted by atomic mass is 9.91. The lowest BCUT2D eigenvalue weighted by Crippen LogP contribution is -2.13. The van der Waals surface area contributed by atoms with Gasteiger partial charge in [-0.2, -0.15) is 0 Å². The standard InChI is InChI=1S/C32H29N3O6S/c1-2-41-30(37)15-13-23-28(33-27-8-5-9-29(36)31(23)27)18-25-24-17-21(11-14-26(24)34-32(25)38)35-42(39,40)22-12-10-19-6-3-4-7-20(19)16-22/h3-4,6-7,10-12,14,16-18,33,35H,2,5,8-9,13,15H2,1H3,(H,34,38). The van der Waals surface area contributed by atoms with E-state index in [4.69, 9.17) is 4.74 Å². The first-order valence-corrected chi connectivity index (χ1v) is 15.3. The van der Waals surface area contributed by atoms with Crippen molar-refractivity contribution in [3.8, 4) is 0 Å². The molecule has 9 nitrogen and oxygen atoms in total. The summed E-state index contributed by atoms with van der Waals surface area (Å²) in [6.07, 6.45) is 3.91. The van der Waals surface area contributed by atoms with Crippen molar-refractivity contribution in [3.63, 3.8) is 0 Å². The van der Waals surface area contributed by atoms with Crippen LogP contribution in [0.4, 0.5) is 11.4 Å². The van der Waals surface area contributed by atoms with Crippen molar-refractivity contribution in [2.24, 2.45) is 0 Å². The molecule has 1 aromatic heterocycles. The van der Waals surface area contributed by atoms with Crippen molar-refractivity contribution in [1.82, 2.24) is 4.98 Å². The molecule has 0 fully saturated rings. The number of H-pyrrole nitrogens is 1. The molecule has 4 aromatic rings. The van der Waals surface area contributed by atoms with Crippen molar-refractivity contribution in [3.05, 3.63) is 88.7 Å². The average Bonchev–Trinajstić information content (AvgIpc) is 3.48. The lowest BCUT2D eigenvalue weighted by molar-refractivity contribution is -0.143. The van der Waals surface area contributed by atoms with Crippen molar-refractivity contribution in [2.45, 2.75) is 43.9 Å². The zero-order valence-electron chi connectivity index (χ0n) is 23.0. The number of anilines is 2. The van der Waals surface area contributed by atoms with Crippen LogP contribution < -0.4 is 10.0 Å². The fraction of sp³-hybridized carbons (Fsp3) is 0.219. The van der Waals surface area contributed by atoms with Gasteiger partial charge in [0.1, 0.15) is 0 Å². The molecule has 0 unspecified atom stereocenters. The van der Waals surface area contributed by atoms with Gasteiger partial charge < -0.3 is 15.0 Å². The lowest BCUT2D eigenvalue weighted by Gasteiger charge is -2.11. The molecule has 2 aliphatic rings. The molecule has 1 aliphatic heterocycles. The summed E-state index contributed by atoms with van der Waals surface area (Å²) >= 11 is 0. The Balaban J connectivity index is 1.34. The summed E-state index contributed by atoms with van der Waals surface area (Å²) in [5.74, 6) is -0.700. The van der Waals surface area contributed by atoms with Gasteiger partial charge in [0.25, 0.3) is 15.9 Å². The van der Waals surface area contributed by atoms with Crippen LogP contribution in [0.1, 0.15) is 59.1 Å². The molecule has 1 amide bonds. The number of carbonyl (C=O) groups excluding carboxylic acids is 3. The Hall–Kier alpha value is -4.70. The van der Waals surface area contributed by atoms with Crippen LogP contribution in [0.25, 0.3) is 22.4 Å². The van der Waals surface area contributed by atoms with Crippen molar-refractivity contribution >= 4 is 61.5 Å². The largest absolute Gasteiger partial charge is 0.466 e. The number of aromatic amines is 1. The fourth-order valence-electron chi connectivity index (χ4n) is 5.62. The minimum absolute atomic E-state index is 0.0117. The van der Waals surface area contributed by atoms with Crippen LogP contribution in [-0.2, 0) is 37.2 Å². The molecule has 1 aliphatic carbocycles. The van der Waals surface area contributed by atoms with E-state index in [9.17, 15) is 22.8 Å². The fourth-order valence-corrected chi connectivity index (χ4v) is 6.71. The summed E-state index contributed by atoms with van der Waals surface area (Å²) < 4.78 is 34.2. The number of hydrogen-bond acceptors (Lipinski definition) is 6. The Labute approximate surface area is 243 Å². The molecule has 0 bridgehead atoms. The van der Waals surface area contributed by atoms with E-state index in [1.807, 2.05) is 24.3 Å². The van der Waals surface area contributed by atoms with Crippen LogP contribution >= 0.6 is 0 Å². The van der Waals surface area contributed by atoms with Crippen LogP contribution in [0.2, 0.25) is 0 Å². The number of fused-ring (bicyclic) bond motifs is 3. The van der Waals surface area contributed by atoms with Gasteiger partial charge in [0.2, 0.25) is 0 Å². The maximum atomic E-state index is 13.3. The summed E-state index contributed by atoms with van der Waals surface area (Å²) in [7, 11) is -3.91. The van der Waals surface area contributed by atoms with Crippen LogP contribution in [0.5, 0.6) is 0 Å². The third-order valence-electron chi connectivity index (χ3n) is 7.58. The molecule has 6 rings (SSSR count). The maximum absolute atomic E-state index is 13.3. The normalized spacial score (nSPS) is 15.4. The highest BCUT2D eigenvalue weighted by Crippen LogP contribution is 2.37. The summed E-state index contributed by atoms with van der Waals surface area (Å²) in [5.41, 5.74) is 4.34. The molecule has 0 radical (unpaired) electrons. The van der Waals surface area contributed by atoms with Gasteiger partial charge in [-0.15, -0.1) is 0 Å². The molecule has 42 heavy (non-hydrogen) atoms. The van der Waals surface area contributed by atoms with E-state index in [-0.39, 0.29) is 42.0 Å². The van der Waals surface area contributed by atoms with E-state index in [1.54, 1.807) is 49.4 Å². The average molecular weight is 584 g/mol. The highest BCUT2D eigenvalue weighted by Gasteiger charge is 2.29. The Morgan fingerprint density at radius 2 is 1.83 bits per heavy atom. The second kappa shape index (κ2) is 10.9. The number of ketones is 1. The Morgan fingerprint density at radius 1 is 1.02 bits per heavy atom. The van der Waals surface area contributed by atoms with E-state index in [2.05, 4.69) is 15.0 Å². The van der Waals surface area contributed by atoms with Crippen molar-refractivity contribution < 1.29 is 27.5 Å². The zero-order chi connectivity index (χ0) is 29.4. The number of rotatable bonds is 8. The molecule has 0 saturated heterocycles. The summed E-state index contributed by atoms with van der Waals surface area (Å²) in [6, 6.07) is 17.3. The smallest absolute Gasteiger partial charge is 0.306 e. The predicted octanol–water partition coefficient (Wildman–Crippen LogP) is 5.48. The zero-order valence-corrected chi connectivity index (χ0v) is 23.8. The molecule has 0 spiro atoms. The Morgan fingerprint density at radius 3 is 2.64 bits per heavy atom. The summed E-state index contributed by atoms with van der Waals surface area (Å²) in [4.78, 5) is 41.5. The summed E-state index contributed by atoms with van der Waals surface area (Å²) in [5, 5.41) is 4.57. The number of hydrogen-bond donors (Lipinski definition) is 3. The van der Waals surface area contributed by atoms with Crippen LogP contribution in [0.3, 0.4) is 0 Å². The molecule has 10 heteroatoms. The van der Waals surface area contributed by atoms with E-state index in [0.29, 0.717) is 52.2 Å². The van der Waals surface area contributed by atoms with Crippen LogP contribution in [0.15, 0.2) is 65.6 Å². The highest BCUT2D eigenvalue weighted by atomic mass is 32.2. The van der Waals surface area contributed by atoms with E-state index < -0.39 is 10.0 Å². The molecule has 0 atom stereocenters. The van der Waals surface area contributed by atoms with Gasteiger partial charge in [0, 0.05) is 46.7 Å².